The van der Waals surface area contributed by atoms with Gasteiger partial charge in [-0.05, 0) is 66.5 Å². The van der Waals surface area contributed by atoms with Crippen LogP contribution in [-0.2, 0) is 0 Å². The van der Waals surface area contributed by atoms with Gasteiger partial charge in [0.15, 0.2) is 10.7 Å². The number of nitrogens with two attached hydrogens (primary N) is 1. The summed E-state index contributed by atoms with van der Waals surface area (Å²) in [5, 5.41) is 3.14. The molecule has 2 aromatic carbocycles. The molecule has 0 fully saturated rings. The summed E-state index contributed by atoms with van der Waals surface area (Å²) < 4.78 is 5.86. The van der Waals surface area contributed by atoms with E-state index in [0.717, 1.165) is 28.8 Å². The summed E-state index contributed by atoms with van der Waals surface area (Å²) in [6, 6.07) is 13.9. The van der Waals surface area contributed by atoms with Crippen LogP contribution in [0.3, 0.4) is 0 Å². The maximum Gasteiger partial charge on any atom is 0.227 e. The van der Waals surface area contributed by atoms with Crippen LogP contribution < -0.4 is 11.1 Å². The van der Waals surface area contributed by atoms with Crippen LogP contribution >= 0.6 is 12.2 Å². The third-order valence-electron chi connectivity index (χ3n) is 3.99. The molecule has 3 aromatic rings. The van der Waals surface area contributed by atoms with Crippen LogP contribution in [0, 0.1) is 0 Å². The number of benzene rings is 2. The Bertz CT molecular complexity index is 839. The SMILES string of the molecule is CCC(C)c1ccc2oc(-c3ccc(NC(N)=S)cc3)nc2c1. The van der Waals surface area contributed by atoms with E-state index in [1.807, 2.05) is 30.3 Å². The Labute approximate surface area is 140 Å². The van der Waals surface area contributed by atoms with Crippen LogP contribution in [0.15, 0.2) is 46.9 Å². The number of aromatic nitrogens is 1. The van der Waals surface area contributed by atoms with Gasteiger partial charge in [-0.3, -0.25) is 0 Å². The van der Waals surface area contributed by atoms with Crippen molar-refractivity contribution in [3.63, 3.8) is 0 Å². The van der Waals surface area contributed by atoms with Crippen molar-refractivity contribution in [3.8, 4) is 11.5 Å². The Morgan fingerprint density at radius 2 is 2.00 bits per heavy atom. The molecular formula is C18H19N3OS. The molecule has 0 aliphatic carbocycles. The van der Waals surface area contributed by atoms with E-state index in [0.29, 0.717) is 11.8 Å². The Morgan fingerprint density at radius 1 is 1.26 bits per heavy atom. The number of fused-ring (bicyclic) bond motifs is 1. The molecule has 0 bridgehead atoms. The van der Waals surface area contributed by atoms with Crippen molar-refractivity contribution in [3.05, 3.63) is 48.0 Å². The van der Waals surface area contributed by atoms with E-state index in [1.165, 1.54) is 5.56 Å². The Morgan fingerprint density at radius 3 is 2.65 bits per heavy atom. The molecule has 0 saturated carbocycles. The molecular weight excluding hydrogens is 306 g/mol. The summed E-state index contributed by atoms with van der Waals surface area (Å²) in [6.07, 6.45) is 1.10. The average Bonchev–Trinajstić information content (AvgIpc) is 2.97. The Hall–Kier alpha value is -2.40. The molecule has 118 valence electrons. The summed E-state index contributed by atoms with van der Waals surface area (Å²) in [5.41, 5.74) is 10.2. The first kappa shape index (κ1) is 15.5. The number of nitrogens with zero attached hydrogens (tertiary/aromatic N) is 1. The molecule has 5 heteroatoms. The minimum atomic E-state index is 0.247. The van der Waals surface area contributed by atoms with Crippen molar-refractivity contribution < 1.29 is 4.42 Å². The third-order valence-corrected chi connectivity index (χ3v) is 4.09. The van der Waals surface area contributed by atoms with Crippen molar-refractivity contribution in [2.75, 3.05) is 5.32 Å². The molecule has 1 atom stereocenters. The third kappa shape index (κ3) is 3.35. The first-order valence-electron chi connectivity index (χ1n) is 7.64. The quantitative estimate of drug-likeness (QED) is 0.683. The minimum Gasteiger partial charge on any atom is -0.436 e. The molecule has 0 radical (unpaired) electrons. The van der Waals surface area contributed by atoms with Gasteiger partial charge in [0.05, 0.1) is 0 Å². The number of hydrogen-bond acceptors (Lipinski definition) is 3. The normalized spacial score (nSPS) is 12.3. The molecule has 4 nitrogen and oxygen atoms in total. The van der Waals surface area contributed by atoms with E-state index in [-0.39, 0.29) is 5.11 Å². The highest BCUT2D eigenvalue weighted by Crippen LogP contribution is 2.28. The van der Waals surface area contributed by atoms with Gasteiger partial charge >= 0.3 is 0 Å². The fourth-order valence-corrected chi connectivity index (χ4v) is 2.57. The summed E-state index contributed by atoms with van der Waals surface area (Å²) in [7, 11) is 0. The second kappa shape index (κ2) is 6.38. The topological polar surface area (TPSA) is 64.1 Å². The predicted octanol–water partition coefficient (Wildman–Crippen LogP) is 4.66. The van der Waals surface area contributed by atoms with Gasteiger partial charge in [-0.1, -0.05) is 19.9 Å². The smallest absolute Gasteiger partial charge is 0.227 e. The minimum absolute atomic E-state index is 0.247. The zero-order valence-electron chi connectivity index (χ0n) is 13.2. The zero-order valence-corrected chi connectivity index (χ0v) is 14.0. The van der Waals surface area contributed by atoms with Crippen LogP contribution in [0.2, 0.25) is 0 Å². The molecule has 1 heterocycles. The van der Waals surface area contributed by atoms with E-state index in [4.69, 9.17) is 22.4 Å². The van der Waals surface area contributed by atoms with Gasteiger partial charge in [-0.2, -0.15) is 0 Å². The lowest BCUT2D eigenvalue weighted by atomic mass is 9.98. The maximum absolute atomic E-state index is 5.86. The lowest BCUT2D eigenvalue weighted by molar-refractivity contribution is 0.619. The zero-order chi connectivity index (χ0) is 16.4. The van der Waals surface area contributed by atoms with Gasteiger partial charge in [-0.15, -0.1) is 0 Å². The van der Waals surface area contributed by atoms with Crippen molar-refractivity contribution in [2.45, 2.75) is 26.2 Å². The summed E-state index contributed by atoms with van der Waals surface area (Å²) in [6.45, 7) is 4.40. The molecule has 0 aliphatic rings. The van der Waals surface area contributed by atoms with Crippen LogP contribution in [-0.4, -0.2) is 10.1 Å². The molecule has 0 aliphatic heterocycles. The number of anilines is 1. The van der Waals surface area contributed by atoms with Gasteiger partial charge in [0.2, 0.25) is 5.89 Å². The largest absolute Gasteiger partial charge is 0.436 e. The number of rotatable bonds is 4. The van der Waals surface area contributed by atoms with Crippen molar-refractivity contribution >= 4 is 34.1 Å². The van der Waals surface area contributed by atoms with Crippen LogP contribution in [0.5, 0.6) is 0 Å². The first-order chi connectivity index (χ1) is 11.1. The standard InChI is InChI=1S/C18H19N3OS/c1-3-11(2)13-6-9-16-15(10-13)21-17(22-16)12-4-7-14(8-5-12)20-18(19)23/h4-11H,3H2,1-2H3,(H3,19,20,23). The van der Waals surface area contributed by atoms with E-state index >= 15 is 0 Å². The molecule has 0 amide bonds. The lowest BCUT2D eigenvalue weighted by Gasteiger charge is -2.07. The van der Waals surface area contributed by atoms with Gasteiger partial charge in [-0.25, -0.2) is 4.98 Å². The molecule has 3 rings (SSSR count). The number of oxazole rings is 1. The molecule has 1 unspecified atom stereocenters. The number of hydrogen-bond donors (Lipinski definition) is 2. The van der Waals surface area contributed by atoms with E-state index < -0.39 is 0 Å². The first-order valence-corrected chi connectivity index (χ1v) is 8.05. The lowest BCUT2D eigenvalue weighted by Crippen LogP contribution is -2.18. The van der Waals surface area contributed by atoms with Gasteiger partial charge in [0.1, 0.15) is 5.52 Å². The van der Waals surface area contributed by atoms with E-state index in [9.17, 15) is 0 Å². The van der Waals surface area contributed by atoms with Gasteiger partial charge < -0.3 is 15.5 Å². The monoisotopic (exact) mass is 325 g/mol. The van der Waals surface area contributed by atoms with Crippen molar-refractivity contribution in [2.24, 2.45) is 5.73 Å². The molecule has 0 spiro atoms. The summed E-state index contributed by atoms with van der Waals surface area (Å²) >= 11 is 4.83. The predicted molar refractivity (Wildman–Crippen MR) is 98.6 cm³/mol. The summed E-state index contributed by atoms with van der Waals surface area (Å²) in [4.78, 5) is 4.61. The van der Waals surface area contributed by atoms with Crippen LogP contribution in [0.25, 0.3) is 22.6 Å². The van der Waals surface area contributed by atoms with Crippen molar-refractivity contribution in [1.82, 2.24) is 4.98 Å². The second-order valence-corrected chi connectivity index (χ2v) is 6.06. The highest BCUT2D eigenvalue weighted by Gasteiger charge is 2.11. The molecule has 23 heavy (non-hydrogen) atoms. The highest BCUT2D eigenvalue weighted by atomic mass is 32.1. The van der Waals surface area contributed by atoms with E-state index in [1.54, 1.807) is 0 Å². The summed E-state index contributed by atoms with van der Waals surface area (Å²) in [5.74, 6) is 1.13. The molecule has 0 saturated heterocycles. The van der Waals surface area contributed by atoms with Gasteiger partial charge in [0.25, 0.3) is 0 Å². The molecule has 1 aromatic heterocycles. The number of nitrogens with one attached hydrogen (secondary N) is 1. The Balaban J connectivity index is 1.92. The average molecular weight is 325 g/mol. The van der Waals surface area contributed by atoms with Crippen LogP contribution in [0.1, 0.15) is 31.7 Å². The van der Waals surface area contributed by atoms with Gasteiger partial charge in [0, 0.05) is 11.3 Å². The highest BCUT2D eigenvalue weighted by molar-refractivity contribution is 7.80. The number of thiocarbonyl (C=S) groups is 1. The van der Waals surface area contributed by atoms with E-state index in [2.05, 4.69) is 36.3 Å². The Kier molecular flexibility index (Phi) is 4.30. The maximum atomic E-state index is 5.86. The van der Waals surface area contributed by atoms with Crippen molar-refractivity contribution in [1.29, 1.82) is 0 Å². The second-order valence-electron chi connectivity index (χ2n) is 5.62. The fraction of sp³-hybridized carbons (Fsp3) is 0.222. The van der Waals surface area contributed by atoms with Crippen LogP contribution in [0.4, 0.5) is 5.69 Å². The molecule has 3 N–H and O–H groups in total. The fourth-order valence-electron chi connectivity index (χ4n) is 2.45.